The number of alkyl halides is 2. The Morgan fingerprint density at radius 1 is 1.21 bits per heavy atom. The third kappa shape index (κ3) is 3.40. The van der Waals surface area contributed by atoms with Crippen molar-refractivity contribution in [1.82, 2.24) is 10.6 Å². The van der Waals surface area contributed by atoms with Crippen LogP contribution in [0.4, 0.5) is 4.39 Å². The number of piperidine rings is 1. The average Bonchev–Trinajstić information content (AvgIpc) is 2.96. The van der Waals surface area contributed by atoms with Crippen molar-refractivity contribution < 1.29 is 4.39 Å². The van der Waals surface area contributed by atoms with E-state index in [1.54, 1.807) is 11.8 Å². The van der Waals surface area contributed by atoms with Gasteiger partial charge in [0.15, 0.2) is 0 Å². The van der Waals surface area contributed by atoms with Gasteiger partial charge >= 0.3 is 0 Å². The van der Waals surface area contributed by atoms with E-state index >= 15 is 0 Å². The van der Waals surface area contributed by atoms with E-state index in [0.29, 0.717) is 29.8 Å². The minimum absolute atomic E-state index is 0.0327. The molecule has 0 aromatic carbocycles. The van der Waals surface area contributed by atoms with Crippen molar-refractivity contribution in [2.75, 3.05) is 6.54 Å². The number of nitrogens with two attached hydrogens (primary N) is 1. The molecule has 0 spiro atoms. The maximum atomic E-state index is 13.7. The molecule has 7 heteroatoms. The standard InChI is InChI=1S/C17H26ClFN4S/c18-11-8-9(3-4-12(11)19)15-10(2-1-7-21-15)13-5-6-14-16(22-13)24-17(20)23-14/h8,10-14,16-17,22-23H,1-7,20H2. The second-order valence-corrected chi connectivity index (χ2v) is 9.10. The highest BCUT2D eigenvalue weighted by molar-refractivity contribution is 8.00. The van der Waals surface area contributed by atoms with Gasteiger partial charge in [0.05, 0.1) is 10.8 Å². The first-order valence-corrected chi connectivity index (χ1v) is 10.5. The summed E-state index contributed by atoms with van der Waals surface area (Å²) in [4.78, 5) is 4.85. The van der Waals surface area contributed by atoms with E-state index in [-0.39, 0.29) is 5.50 Å². The Balaban J connectivity index is 1.50. The number of halogens is 2. The van der Waals surface area contributed by atoms with E-state index in [1.165, 1.54) is 11.3 Å². The van der Waals surface area contributed by atoms with Crippen molar-refractivity contribution in [2.45, 2.75) is 73.0 Å². The third-order valence-electron chi connectivity index (χ3n) is 5.72. The van der Waals surface area contributed by atoms with Crippen LogP contribution in [0.25, 0.3) is 0 Å². The van der Waals surface area contributed by atoms with Crippen molar-refractivity contribution in [3.63, 3.8) is 0 Å². The Morgan fingerprint density at radius 2 is 2.04 bits per heavy atom. The summed E-state index contributed by atoms with van der Waals surface area (Å²) in [7, 11) is 0. The summed E-state index contributed by atoms with van der Waals surface area (Å²) in [6.07, 6.45) is 6.85. The molecule has 0 saturated carbocycles. The lowest BCUT2D eigenvalue weighted by atomic mass is 9.78. The fraction of sp³-hybridized carbons (Fsp3) is 0.824. The molecule has 3 aliphatic heterocycles. The molecule has 7 unspecified atom stereocenters. The molecule has 4 aliphatic rings. The Labute approximate surface area is 152 Å². The molecule has 4 N–H and O–H groups in total. The van der Waals surface area contributed by atoms with Crippen LogP contribution in [0.5, 0.6) is 0 Å². The van der Waals surface area contributed by atoms with Gasteiger partial charge in [-0.05, 0) is 44.1 Å². The molecule has 2 saturated heterocycles. The molecule has 4 nitrogen and oxygen atoms in total. The van der Waals surface area contributed by atoms with E-state index < -0.39 is 11.5 Å². The predicted octanol–water partition coefficient (Wildman–Crippen LogP) is 2.53. The molecule has 0 aromatic rings. The van der Waals surface area contributed by atoms with Crippen LogP contribution in [0.3, 0.4) is 0 Å². The van der Waals surface area contributed by atoms with Crippen molar-refractivity contribution in [1.29, 1.82) is 0 Å². The van der Waals surface area contributed by atoms with Gasteiger partial charge in [-0.25, -0.2) is 4.39 Å². The molecule has 134 valence electrons. The number of allylic oxidation sites excluding steroid dienone is 2. The molecular weight excluding hydrogens is 347 g/mol. The summed E-state index contributed by atoms with van der Waals surface area (Å²) >= 11 is 7.94. The third-order valence-corrected chi connectivity index (χ3v) is 7.31. The van der Waals surface area contributed by atoms with Crippen molar-refractivity contribution in [3.05, 3.63) is 11.6 Å². The smallest absolute Gasteiger partial charge is 0.120 e. The average molecular weight is 373 g/mol. The summed E-state index contributed by atoms with van der Waals surface area (Å²) in [5, 5.41) is 7.13. The summed E-state index contributed by atoms with van der Waals surface area (Å²) in [6.45, 7) is 0.884. The maximum absolute atomic E-state index is 13.7. The highest BCUT2D eigenvalue weighted by atomic mass is 35.5. The highest BCUT2D eigenvalue weighted by Crippen LogP contribution is 2.36. The number of fused-ring (bicyclic) bond motifs is 1. The number of nitrogens with zero attached hydrogens (tertiary/aromatic N) is 1. The van der Waals surface area contributed by atoms with Gasteiger partial charge in [0.1, 0.15) is 11.7 Å². The summed E-state index contributed by atoms with van der Waals surface area (Å²) < 4.78 is 13.7. The monoisotopic (exact) mass is 372 g/mol. The van der Waals surface area contributed by atoms with Gasteiger partial charge in [-0.2, -0.15) is 0 Å². The molecule has 0 aromatic heterocycles. The topological polar surface area (TPSA) is 62.4 Å². The second kappa shape index (κ2) is 7.23. The molecule has 0 amide bonds. The number of thioether (sulfide) groups is 1. The molecule has 0 radical (unpaired) electrons. The second-order valence-electron chi connectivity index (χ2n) is 7.31. The van der Waals surface area contributed by atoms with Crippen molar-refractivity contribution in [3.8, 4) is 0 Å². The molecule has 3 heterocycles. The van der Waals surface area contributed by atoms with Gasteiger partial charge in [-0.15, -0.1) is 23.4 Å². The normalized spacial score (nSPS) is 46.2. The largest absolute Gasteiger partial charge is 0.307 e. The fourth-order valence-corrected chi connectivity index (χ4v) is 6.00. The number of nitrogens with one attached hydrogen (secondary N) is 2. The van der Waals surface area contributed by atoms with Gasteiger partial charge in [-0.3, -0.25) is 10.3 Å². The molecular formula is C17H26ClFN4S. The Bertz CT molecular complexity index is 543. The van der Waals surface area contributed by atoms with E-state index in [0.717, 1.165) is 38.6 Å². The molecule has 1 aliphatic carbocycles. The van der Waals surface area contributed by atoms with Gasteiger partial charge < -0.3 is 11.1 Å². The van der Waals surface area contributed by atoms with E-state index in [1.807, 2.05) is 6.08 Å². The molecule has 2 fully saturated rings. The van der Waals surface area contributed by atoms with Gasteiger partial charge in [0.25, 0.3) is 0 Å². The van der Waals surface area contributed by atoms with Crippen LogP contribution in [0.15, 0.2) is 16.6 Å². The van der Waals surface area contributed by atoms with Crippen LogP contribution in [0, 0.1) is 5.92 Å². The first kappa shape index (κ1) is 17.3. The molecule has 4 rings (SSSR count). The summed E-state index contributed by atoms with van der Waals surface area (Å²) in [5.74, 6) is 0.420. The van der Waals surface area contributed by atoms with Crippen molar-refractivity contribution in [2.24, 2.45) is 16.6 Å². The minimum Gasteiger partial charge on any atom is -0.307 e. The zero-order valence-electron chi connectivity index (χ0n) is 13.8. The van der Waals surface area contributed by atoms with Crippen LogP contribution in [-0.4, -0.2) is 46.8 Å². The first-order valence-electron chi connectivity index (χ1n) is 9.08. The fourth-order valence-electron chi connectivity index (χ4n) is 4.49. The lowest BCUT2D eigenvalue weighted by Crippen LogP contribution is -2.54. The SMILES string of the molecule is NC1NC2CCC(C3CCCN=C3C3=CC(Cl)C(F)CC3)NC2S1. The highest BCUT2D eigenvalue weighted by Gasteiger charge is 2.41. The zero-order chi connectivity index (χ0) is 16.7. The van der Waals surface area contributed by atoms with Crippen molar-refractivity contribution >= 4 is 29.1 Å². The Kier molecular flexibility index (Phi) is 5.21. The predicted molar refractivity (Wildman–Crippen MR) is 99.3 cm³/mol. The first-order chi connectivity index (χ1) is 11.6. The number of hydrogen-bond acceptors (Lipinski definition) is 5. The Morgan fingerprint density at radius 3 is 2.88 bits per heavy atom. The number of aliphatic imine (C=N–C) groups is 1. The summed E-state index contributed by atoms with van der Waals surface area (Å²) in [5.41, 5.74) is 8.43. The lowest BCUT2D eigenvalue weighted by molar-refractivity contribution is 0.273. The molecule has 0 bridgehead atoms. The van der Waals surface area contributed by atoms with Gasteiger partial charge in [0.2, 0.25) is 0 Å². The van der Waals surface area contributed by atoms with Crippen LogP contribution >= 0.6 is 23.4 Å². The molecule has 24 heavy (non-hydrogen) atoms. The van der Waals surface area contributed by atoms with E-state index in [2.05, 4.69) is 10.6 Å². The summed E-state index contributed by atoms with van der Waals surface area (Å²) in [6, 6.07) is 0.904. The van der Waals surface area contributed by atoms with E-state index in [9.17, 15) is 4.39 Å². The van der Waals surface area contributed by atoms with E-state index in [4.69, 9.17) is 22.3 Å². The number of rotatable bonds is 2. The lowest BCUT2D eigenvalue weighted by Gasteiger charge is -2.39. The minimum atomic E-state index is -0.922. The number of hydrogen-bond donors (Lipinski definition) is 3. The quantitative estimate of drug-likeness (QED) is 0.652. The van der Waals surface area contributed by atoms with Gasteiger partial charge in [0, 0.05) is 30.3 Å². The maximum Gasteiger partial charge on any atom is 0.120 e. The Hall–Kier alpha value is -0.140. The zero-order valence-corrected chi connectivity index (χ0v) is 15.3. The molecule has 7 atom stereocenters. The van der Waals surface area contributed by atoms with Crippen LogP contribution in [0.2, 0.25) is 0 Å². The van der Waals surface area contributed by atoms with Crippen LogP contribution in [-0.2, 0) is 0 Å². The van der Waals surface area contributed by atoms with Gasteiger partial charge in [-0.1, -0.05) is 6.08 Å². The van der Waals surface area contributed by atoms with Crippen LogP contribution in [0.1, 0.15) is 38.5 Å². The van der Waals surface area contributed by atoms with Crippen LogP contribution < -0.4 is 16.4 Å².